The summed E-state index contributed by atoms with van der Waals surface area (Å²) in [6, 6.07) is 4.13. The molecule has 60 valence electrons. The van der Waals surface area contributed by atoms with Crippen molar-refractivity contribution in [3.8, 4) is 6.07 Å². The molecule has 0 radical (unpaired) electrons. The third-order valence-electron chi connectivity index (χ3n) is 1.60. The average molecular weight is 163 g/mol. The highest BCUT2D eigenvalue weighted by Gasteiger charge is 2.05. The Bertz CT molecular complexity index is 366. The molecule has 0 fully saturated rings. The summed E-state index contributed by atoms with van der Waals surface area (Å²) in [5, 5.41) is 8.43. The van der Waals surface area contributed by atoms with E-state index >= 15 is 0 Å². The van der Waals surface area contributed by atoms with Crippen LogP contribution in [0.5, 0.6) is 0 Å². The second-order valence-electron chi connectivity index (χ2n) is 2.42. The highest BCUT2D eigenvalue weighted by Crippen LogP contribution is 2.12. The summed E-state index contributed by atoms with van der Waals surface area (Å²) >= 11 is 0. The predicted octanol–water partition coefficient (Wildman–Crippen LogP) is 1.82. The van der Waals surface area contributed by atoms with Crippen molar-refractivity contribution >= 4 is 6.29 Å². The van der Waals surface area contributed by atoms with Crippen LogP contribution in [0.25, 0.3) is 0 Å². The summed E-state index contributed by atoms with van der Waals surface area (Å²) < 4.78 is 12.8. The van der Waals surface area contributed by atoms with E-state index in [0.29, 0.717) is 11.8 Å². The van der Waals surface area contributed by atoms with Crippen molar-refractivity contribution in [2.24, 2.45) is 0 Å². The molecular formula is C9H6FNO. The van der Waals surface area contributed by atoms with Crippen molar-refractivity contribution in [3.05, 3.63) is 34.6 Å². The molecule has 12 heavy (non-hydrogen) atoms. The van der Waals surface area contributed by atoms with Crippen molar-refractivity contribution in [3.63, 3.8) is 0 Å². The van der Waals surface area contributed by atoms with E-state index in [-0.39, 0.29) is 11.1 Å². The first kappa shape index (κ1) is 8.41. The van der Waals surface area contributed by atoms with Crippen molar-refractivity contribution in [1.82, 2.24) is 0 Å². The Kier molecular flexibility index (Phi) is 2.20. The van der Waals surface area contributed by atoms with E-state index in [4.69, 9.17) is 5.26 Å². The highest BCUT2D eigenvalue weighted by molar-refractivity contribution is 5.77. The van der Waals surface area contributed by atoms with Gasteiger partial charge in [-0.1, -0.05) is 0 Å². The lowest BCUT2D eigenvalue weighted by atomic mass is 10.1. The zero-order chi connectivity index (χ0) is 9.14. The van der Waals surface area contributed by atoms with Crippen LogP contribution in [-0.2, 0) is 0 Å². The van der Waals surface area contributed by atoms with Crippen molar-refractivity contribution in [2.45, 2.75) is 6.92 Å². The van der Waals surface area contributed by atoms with E-state index in [0.717, 1.165) is 6.07 Å². The fourth-order valence-electron chi connectivity index (χ4n) is 0.910. The van der Waals surface area contributed by atoms with Crippen LogP contribution < -0.4 is 0 Å². The van der Waals surface area contributed by atoms with Gasteiger partial charge in [0.2, 0.25) is 0 Å². The number of rotatable bonds is 1. The maximum Gasteiger partial charge on any atom is 0.150 e. The number of carbonyl (C=O) groups excluding carboxylic acids is 1. The van der Waals surface area contributed by atoms with Gasteiger partial charge in [-0.15, -0.1) is 0 Å². The number of nitrogens with zero attached hydrogens (tertiary/aromatic N) is 1. The number of aryl methyl sites for hydroxylation is 1. The third-order valence-corrected chi connectivity index (χ3v) is 1.60. The predicted molar refractivity (Wildman–Crippen MR) is 41.2 cm³/mol. The molecule has 0 N–H and O–H groups in total. The maximum absolute atomic E-state index is 12.8. The molecule has 1 aromatic rings. The summed E-state index contributed by atoms with van der Waals surface area (Å²) in [6.07, 6.45) is 0.569. The minimum Gasteiger partial charge on any atom is -0.298 e. The zero-order valence-corrected chi connectivity index (χ0v) is 6.47. The van der Waals surface area contributed by atoms with Gasteiger partial charge in [-0.05, 0) is 24.6 Å². The van der Waals surface area contributed by atoms with Crippen molar-refractivity contribution in [2.75, 3.05) is 0 Å². The van der Waals surface area contributed by atoms with Gasteiger partial charge in [0.25, 0.3) is 0 Å². The van der Waals surface area contributed by atoms with Gasteiger partial charge in [0.1, 0.15) is 18.2 Å². The van der Waals surface area contributed by atoms with E-state index < -0.39 is 5.82 Å². The van der Waals surface area contributed by atoms with Crippen LogP contribution in [0, 0.1) is 24.1 Å². The first-order chi connectivity index (χ1) is 5.69. The Labute approximate surface area is 69.2 Å². The quantitative estimate of drug-likeness (QED) is 0.592. The van der Waals surface area contributed by atoms with Crippen LogP contribution in [0.2, 0.25) is 0 Å². The highest BCUT2D eigenvalue weighted by atomic mass is 19.1. The Morgan fingerprint density at radius 2 is 2.25 bits per heavy atom. The third kappa shape index (κ3) is 1.32. The Morgan fingerprint density at radius 1 is 1.58 bits per heavy atom. The number of benzene rings is 1. The topological polar surface area (TPSA) is 40.9 Å². The lowest BCUT2D eigenvalue weighted by Crippen LogP contribution is -1.91. The summed E-state index contributed by atoms with van der Waals surface area (Å²) in [5.41, 5.74) is 0.868. The van der Waals surface area contributed by atoms with Gasteiger partial charge in [-0.25, -0.2) is 4.39 Å². The molecule has 3 heteroatoms. The maximum atomic E-state index is 12.8. The minimum absolute atomic E-state index is 0.0295. The van der Waals surface area contributed by atoms with Gasteiger partial charge in [0.05, 0.1) is 5.56 Å². The second-order valence-corrected chi connectivity index (χ2v) is 2.42. The number of hydrogen-bond acceptors (Lipinski definition) is 2. The zero-order valence-electron chi connectivity index (χ0n) is 6.47. The summed E-state index contributed by atoms with van der Waals surface area (Å²) in [5.74, 6) is -0.648. The van der Waals surface area contributed by atoms with Gasteiger partial charge < -0.3 is 0 Å². The molecule has 0 saturated heterocycles. The minimum atomic E-state index is -0.648. The van der Waals surface area contributed by atoms with Crippen LogP contribution in [0.15, 0.2) is 12.1 Å². The second kappa shape index (κ2) is 3.14. The first-order valence-electron chi connectivity index (χ1n) is 3.34. The first-order valence-corrected chi connectivity index (χ1v) is 3.34. The Morgan fingerprint density at radius 3 is 2.75 bits per heavy atom. The molecule has 0 atom stereocenters. The molecule has 0 bridgehead atoms. The molecule has 0 unspecified atom stereocenters. The molecular weight excluding hydrogens is 157 g/mol. The Balaban J connectivity index is 3.38. The molecule has 1 rings (SSSR count). The summed E-state index contributed by atoms with van der Waals surface area (Å²) in [7, 11) is 0. The molecule has 0 aromatic heterocycles. The molecule has 0 aliphatic rings. The van der Waals surface area contributed by atoms with Gasteiger partial charge in [-0.3, -0.25) is 4.79 Å². The molecule has 2 nitrogen and oxygen atoms in total. The molecule has 1 aromatic carbocycles. The van der Waals surface area contributed by atoms with E-state index in [1.165, 1.54) is 6.07 Å². The van der Waals surface area contributed by atoms with E-state index in [1.54, 1.807) is 13.0 Å². The smallest absolute Gasteiger partial charge is 0.150 e. The van der Waals surface area contributed by atoms with Crippen LogP contribution in [-0.4, -0.2) is 6.29 Å². The lowest BCUT2D eigenvalue weighted by molar-refractivity contribution is 0.112. The molecule has 0 aliphatic heterocycles. The van der Waals surface area contributed by atoms with E-state index in [9.17, 15) is 9.18 Å². The van der Waals surface area contributed by atoms with E-state index in [1.807, 2.05) is 0 Å². The molecule has 0 aliphatic carbocycles. The lowest BCUT2D eigenvalue weighted by Gasteiger charge is -1.98. The summed E-state index contributed by atoms with van der Waals surface area (Å²) in [6.45, 7) is 1.66. The van der Waals surface area contributed by atoms with Gasteiger partial charge in [-0.2, -0.15) is 5.26 Å². The van der Waals surface area contributed by atoms with Gasteiger partial charge >= 0.3 is 0 Å². The average Bonchev–Trinajstić information content (AvgIpc) is 2.08. The number of aldehydes is 1. The van der Waals surface area contributed by atoms with Crippen molar-refractivity contribution < 1.29 is 9.18 Å². The molecule has 0 amide bonds. The van der Waals surface area contributed by atoms with Gasteiger partial charge in [0.15, 0.2) is 0 Å². The molecule has 0 heterocycles. The molecule has 0 spiro atoms. The SMILES string of the molecule is Cc1cc(C#N)c(F)cc1C=O. The van der Waals surface area contributed by atoms with Crippen molar-refractivity contribution in [1.29, 1.82) is 5.26 Å². The van der Waals surface area contributed by atoms with E-state index in [2.05, 4.69) is 0 Å². The standard InChI is InChI=1S/C9H6FNO/c1-6-2-7(4-11)9(10)3-8(6)5-12/h2-3,5H,1H3. The fourth-order valence-corrected chi connectivity index (χ4v) is 0.910. The number of halogens is 1. The Hall–Kier alpha value is -1.69. The van der Waals surface area contributed by atoms with Crippen LogP contribution in [0.1, 0.15) is 21.5 Å². The fraction of sp³-hybridized carbons (Fsp3) is 0.111. The van der Waals surface area contributed by atoms with Crippen LogP contribution >= 0.6 is 0 Å². The monoisotopic (exact) mass is 163 g/mol. The van der Waals surface area contributed by atoms with Gasteiger partial charge in [0, 0.05) is 5.56 Å². The van der Waals surface area contributed by atoms with Crippen LogP contribution in [0.3, 0.4) is 0 Å². The molecule has 0 saturated carbocycles. The number of nitriles is 1. The number of carbonyl (C=O) groups is 1. The number of hydrogen-bond donors (Lipinski definition) is 0. The summed E-state index contributed by atoms with van der Waals surface area (Å²) in [4.78, 5) is 10.3. The normalized spacial score (nSPS) is 9.08. The van der Waals surface area contributed by atoms with Crippen LogP contribution in [0.4, 0.5) is 4.39 Å². The largest absolute Gasteiger partial charge is 0.298 e.